The number of ether oxygens (including phenoxy) is 2. The Kier molecular flexibility index (Phi) is 12.1. The van der Waals surface area contributed by atoms with Crippen LogP contribution in [0.4, 0.5) is 0 Å². The Hall–Kier alpha value is -3.30. The Morgan fingerprint density at radius 3 is 1.28 bits per heavy atom. The fraction of sp³-hybridized carbons (Fsp3) is 0.143. The molecule has 4 rings (SSSR count). The van der Waals surface area contributed by atoms with E-state index < -0.39 is 11.9 Å². The van der Waals surface area contributed by atoms with Crippen molar-refractivity contribution in [3.63, 3.8) is 0 Å². The van der Waals surface area contributed by atoms with Gasteiger partial charge >= 0.3 is 11.9 Å². The molecule has 0 atom stereocenters. The van der Waals surface area contributed by atoms with Gasteiger partial charge in [-0.3, -0.25) is 0 Å². The van der Waals surface area contributed by atoms with Crippen LogP contribution in [0.5, 0.6) is 11.5 Å². The largest absolute Gasteiger partial charge is 0.423 e. The average molecular weight is 645 g/mol. The molecule has 8 heteroatoms. The van der Waals surface area contributed by atoms with Gasteiger partial charge in [0.2, 0.25) is 0 Å². The number of esters is 2. The predicted octanol–water partition coefficient (Wildman–Crippen LogP) is 10.3. The molecular formula is C35H32O4S4. The monoisotopic (exact) mass is 644 g/mol. The highest BCUT2D eigenvalue weighted by molar-refractivity contribution is 8.77. The zero-order valence-electron chi connectivity index (χ0n) is 24.0. The molecule has 4 nitrogen and oxygen atoms in total. The maximum Gasteiger partial charge on any atom is 0.343 e. The normalized spacial score (nSPS) is 11.0. The Morgan fingerprint density at radius 2 is 0.953 bits per heavy atom. The highest BCUT2D eigenvalue weighted by atomic mass is 33.1. The first-order chi connectivity index (χ1) is 20.8. The minimum absolute atomic E-state index is 0.334. The summed E-state index contributed by atoms with van der Waals surface area (Å²) in [7, 11) is 6.67. The van der Waals surface area contributed by atoms with Gasteiger partial charge in [-0.15, -0.1) is 13.2 Å². The van der Waals surface area contributed by atoms with Gasteiger partial charge in [0, 0.05) is 26.7 Å². The van der Waals surface area contributed by atoms with Crippen molar-refractivity contribution in [3.8, 4) is 11.5 Å². The van der Waals surface area contributed by atoms with E-state index in [4.69, 9.17) is 9.47 Å². The molecule has 0 saturated carbocycles. The first-order valence-electron chi connectivity index (χ1n) is 13.5. The average Bonchev–Trinajstić information content (AvgIpc) is 3.02. The number of hydrogen-bond donors (Lipinski definition) is 0. The summed E-state index contributed by atoms with van der Waals surface area (Å²) in [6.07, 6.45) is 3.72. The van der Waals surface area contributed by atoms with Gasteiger partial charge in [0.1, 0.15) is 11.5 Å². The third-order valence-electron chi connectivity index (χ3n) is 6.44. The van der Waals surface area contributed by atoms with Gasteiger partial charge in [0.25, 0.3) is 0 Å². The van der Waals surface area contributed by atoms with E-state index in [0.29, 0.717) is 22.6 Å². The first kappa shape index (κ1) is 32.6. The molecule has 4 aromatic carbocycles. The second-order valence-corrected chi connectivity index (χ2v) is 14.6. The van der Waals surface area contributed by atoms with Crippen LogP contribution in [-0.4, -0.2) is 23.4 Å². The van der Waals surface area contributed by atoms with Gasteiger partial charge < -0.3 is 9.47 Å². The number of hydrogen-bond acceptors (Lipinski definition) is 8. The lowest BCUT2D eigenvalue weighted by atomic mass is 9.78. The first-order valence-corrected chi connectivity index (χ1v) is 18.1. The smallest absolute Gasteiger partial charge is 0.343 e. The Morgan fingerprint density at radius 1 is 0.605 bits per heavy atom. The summed E-state index contributed by atoms with van der Waals surface area (Å²) in [5.74, 6) is 1.87. The van der Waals surface area contributed by atoms with E-state index >= 15 is 0 Å². The maximum atomic E-state index is 12.7. The van der Waals surface area contributed by atoms with Crippen LogP contribution >= 0.6 is 43.2 Å². The van der Waals surface area contributed by atoms with E-state index in [0.717, 1.165) is 32.4 Å². The summed E-state index contributed by atoms with van der Waals surface area (Å²) in [4.78, 5) is 27.5. The molecule has 0 aliphatic rings. The standard InChI is InChI=1S/C35H32O4S4/c1-5-23-40-42-31-19-7-25(8-20-31)33(36)38-29-15-11-27(12-16-29)35(3,4)28-13-17-30(18-14-28)39-34(37)26-9-21-32(22-10-26)43-41-24-6-2/h5-22H,1-2,23-24H2,3-4H3. The molecule has 220 valence electrons. The van der Waals surface area contributed by atoms with Crippen LogP contribution in [0.15, 0.2) is 132 Å². The zero-order chi connectivity index (χ0) is 30.7. The fourth-order valence-corrected chi connectivity index (χ4v) is 7.54. The third-order valence-corrected chi connectivity index (χ3v) is 11.0. The summed E-state index contributed by atoms with van der Waals surface area (Å²) in [5, 5.41) is 0. The highest BCUT2D eigenvalue weighted by Gasteiger charge is 2.23. The van der Waals surface area contributed by atoms with E-state index in [2.05, 4.69) is 27.0 Å². The molecule has 0 heterocycles. The maximum absolute atomic E-state index is 12.7. The molecule has 0 spiro atoms. The molecule has 0 saturated heterocycles. The van der Waals surface area contributed by atoms with E-state index in [1.165, 1.54) is 0 Å². The summed E-state index contributed by atoms with van der Waals surface area (Å²) in [6, 6.07) is 29.9. The van der Waals surface area contributed by atoms with Crippen molar-refractivity contribution in [3.05, 3.63) is 145 Å². The second-order valence-electron chi connectivity index (χ2n) is 9.81. The van der Waals surface area contributed by atoms with Crippen LogP contribution in [-0.2, 0) is 5.41 Å². The van der Waals surface area contributed by atoms with Crippen molar-refractivity contribution in [2.45, 2.75) is 29.1 Å². The minimum atomic E-state index is -0.398. The van der Waals surface area contributed by atoms with Gasteiger partial charge in [-0.25, -0.2) is 9.59 Å². The van der Waals surface area contributed by atoms with Gasteiger partial charge in [0.15, 0.2) is 0 Å². The molecule has 0 bridgehead atoms. The van der Waals surface area contributed by atoms with Crippen molar-refractivity contribution < 1.29 is 19.1 Å². The quantitative estimate of drug-likeness (QED) is 0.0442. The zero-order valence-corrected chi connectivity index (χ0v) is 27.3. The molecule has 0 unspecified atom stereocenters. The molecule has 0 radical (unpaired) electrons. The van der Waals surface area contributed by atoms with Gasteiger partial charge in [-0.2, -0.15) is 0 Å². The van der Waals surface area contributed by atoms with Gasteiger partial charge in [-0.05, 0) is 83.9 Å². The SMILES string of the molecule is C=CCSSc1ccc(C(=O)Oc2ccc(C(C)(C)c3ccc(OC(=O)c4ccc(SSCC=C)cc4)cc3)cc2)cc1. The van der Waals surface area contributed by atoms with Crippen molar-refractivity contribution in [1.29, 1.82) is 0 Å². The van der Waals surface area contributed by atoms with Crippen LogP contribution in [0, 0.1) is 0 Å². The molecule has 0 fully saturated rings. The lowest BCUT2D eigenvalue weighted by Crippen LogP contribution is -2.19. The molecule has 0 aromatic heterocycles. The minimum Gasteiger partial charge on any atom is -0.423 e. The molecule has 0 amide bonds. The van der Waals surface area contributed by atoms with Gasteiger partial charge in [-0.1, -0.05) is 93.4 Å². The number of carbonyl (C=O) groups excluding carboxylic acids is 2. The van der Waals surface area contributed by atoms with Crippen molar-refractivity contribution >= 4 is 55.1 Å². The molecule has 0 N–H and O–H groups in total. The lowest BCUT2D eigenvalue weighted by Gasteiger charge is -2.26. The Bertz CT molecular complexity index is 1410. The van der Waals surface area contributed by atoms with E-state index in [9.17, 15) is 9.59 Å². The molecular weight excluding hydrogens is 613 g/mol. The van der Waals surface area contributed by atoms with Crippen LogP contribution in [0.2, 0.25) is 0 Å². The summed E-state index contributed by atoms with van der Waals surface area (Å²) in [5.41, 5.74) is 2.77. The van der Waals surface area contributed by atoms with Crippen LogP contribution in [0.3, 0.4) is 0 Å². The predicted molar refractivity (Wildman–Crippen MR) is 185 cm³/mol. The molecule has 4 aromatic rings. The number of carbonyl (C=O) groups is 2. The van der Waals surface area contributed by atoms with Crippen LogP contribution in [0.25, 0.3) is 0 Å². The number of benzene rings is 4. The van der Waals surface area contributed by atoms with E-state index in [1.807, 2.05) is 84.9 Å². The van der Waals surface area contributed by atoms with Crippen molar-refractivity contribution in [2.24, 2.45) is 0 Å². The van der Waals surface area contributed by atoms with Crippen molar-refractivity contribution in [1.82, 2.24) is 0 Å². The highest BCUT2D eigenvalue weighted by Crippen LogP contribution is 2.35. The molecule has 0 aliphatic heterocycles. The summed E-state index contributed by atoms with van der Waals surface area (Å²) >= 11 is 0. The Balaban J connectivity index is 1.33. The number of rotatable bonds is 14. The van der Waals surface area contributed by atoms with E-state index in [1.54, 1.807) is 67.4 Å². The lowest BCUT2D eigenvalue weighted by molar-refractivity contribution is 0.0725. The van der Waals surface area contributed by atoms with Crippen molar-refractivity contribution in [2.75, 3.05) is 11.5 Å². The van der Waals surface area contributed by atoms with Crippen LogP contribution < -0.4 is 9.47 Å². The van der Waals surface area contributed by atoms with E-state index in [-0.39, 0.29) is 5.41 Å². The molecule has 43 heavy (non-hydrogen) atoms. The second kappa shape index (κ2) is 16.0. The third kappa shape index (κ3) is 9.34. The topological polar surface area (TPSA) is 52.6 Å². The molecule has 0 aliphatic carbocycles. The Labute approximate surface area is 269 Å². The summed E-state index contributed by atoms with van der Waals surface area (Å²) < 4.78 is 11.2. The van der Waals surface area contributed by atoms with Gasteiger partial charge in [0.05, 0.1) is 11.1 Å². The summed E-state index contributed by atoms with van der Waals surface area (Å²) in [6.45, 7) is 11.7. The van der Waals surface area contributed by atoms with Crippen LogP contribution in [0.1, 0.15) is 45.7 Å². The fourth-order valence-electron chi connectivity index (χ4n) is 3.97.